The molecule has 2 aromatic rings. The molecule has 0 amide bonds. The van der Waals surface area contributed by atoms with Crippen molar-refractivity contribution in [1.82, 2.24) is 0 Å². The van der Waals surface area contributed by atoms with Crippen LogP contribution in [0.25, 0.3) is 0 Å². The Balaban J connectivity index is 1.67. The number of aliphatic hydroxyl groups is 1. The Morgan fingerprint density at radius 1 is 1.27 bits per heavy atom. The predicted octanol–water partition coefficient (Wildman–Crippen LogP) is 4.29. The number of hydrogen-bond donors (Lipinski definition) is 1. The zero-order valence-electron chi connectivity index (χ0n) is 15.0. The summed E-state index contributed by atoms with van der Waals surface area (Å²) < 4.78 is 18.6. The molecule has 1 N–H and O–H groups in total. The Labute approximate surface area is 162 Å². The first-order chi connectivity index (χ1) is 12.5. The molecule has 1 fully saturated rings. The highest BCUT2D eigenvalue weighted by atomic mass is 79.9. The average molecular weight is 419 g/mol. The van der Waals surface area contributed by atoms with E-state index in [1.54, 1.807) is 7.11 Å². The van der Waals surface area contributed by atoms with Crippen molar-refractivity contribution >= 4 is 15.9 Å². The standard InChI is InChI=1S/C21H23BrO4/c1-13-7-17(23)11-21(26-13)19-9-15(20(22)10-16(19)12-25-21)8-14-3-5-18(24-2)6-4-14/h3-6,9-10,13,17,23H,7-8,11-12H2,1-2H3/t13?,17?,21-/m1/s1. The molecular formula is C21H23BrO4. The number of benzene rings is 2. The molecule has 0 radical (unpaired) electrons. The fraction of sp³-hybridized carbons (Fsp3) is 0.429. The minimum Gasteiger partial charge on any atom is -0.497 e. The van der Waals surface area contributed by atoms with Gasteiger partial charge in [-0.3, -0.25) is 0 Å². The third-order valence-electron chi connectivity index (χ3n) is 5.20. The molecule has 1 spiro atoms. The molecule has 0 saturated carbocycles. The molecule has 26 heavy (non-hydrogen) atoms. The number of methoxy groups -OCH3 is 1. The van der Waals surface area contributed by atoms with E-state index in [0.717, 1.165) is 27.8 Å². The number of aliphatic hydroxyl groups excluding tert-OH is 1. The summed E-state index contributed by atoms with van der Waals surface area (Å²) in [6.45, 7) is 2.50. The number of hydrogen-bond acceptors (Lipinski definition) is 4. The summed E-state index contributed by atoms with van der Waals surface area (Å²) in [4.78, 5) is 0. The van der Waals surface area contributed by atoms with Gasteiger partial charge >= 0.3 is 0 Å². The molecule has 138 valence electrons. The molecule has 2 aliphatic rings. The molecule has 2 aliphatic heterocycles. The van der Waals surface area contributed by atoms with E-state index < -0.39 is 11.9 Å². The van der Waals surface area contributed by atoms with Crippen LogP contribution in [0, 0.1) is 0 Å². The van der Waals surface area contributed by atoms with Crippen molar-refractivity contribution in [1.29, 1.82) is 0 Å². The smallest absolute Gasteiger partial charge is 0.198 e. The van der Waals surface area contributed by atoms with Crippen molar-refractivity contribution in [3.05, 3.63) is 63.1 Å². The van der Waals surface area contributed by atoms with Crippen molar-refractivity contribution in [2.75, 3.05) is 7.11 Å². The van der Waals surface area contributed by atoms with Gasteiger partial charge in [-0.25, -0.2) is 0 Å². The molecule has 4 rings (SSSR count). The first-order valence-corrected chi connectivity index (χ1v) is 9.73. The first-order valence-electron chi connectivity index (χ1n) is 8.93. The van der Waals surface area contributed by atoms with Gasteiger partial charge in [0.25, 0.3) is 0 Å². The summed E-state index contributed by atoms with van der Waals surface area (Å²) in [5, 5.41) is 10.3. The van der Waals surface area contributed by atoms with Crippen molar-refractivity contribution in [2.24, 2.45) is 0 Å². The first kappa shape index (κ1) is 18.0. The van der Waals surface area contributed by atoms with Crippen LogP contribution in [0.5, 0.6) is 5.75 Å². The zero-order valence-corrected chi connectivity index (χ0v) is 16.6. The van der Waals surface area contributed by atoms with Gasteiger partial charge in [0.1, 0.15) is 5.75 Å². The third-order valence-corrected chi connectivity index (χ3v) is 5.94. The number of ether oxygens (including phenoxy) is 3. The Bertz CT molecular complexity index is 792. The van der Waals surface area contributed by atoms with Crippen LogP contribution >= 0.6 is 15.9 Å². The molecular weight excluding hydrogens is 396 g/mol. The molecule has 2 aromatic carbocycles. The second kappa shape index (κ2) is 6.97. The monoisotopic (exact) mass is 418 g/mol. The van der Waals surface area contributed by atoms with E-state index in [0.29, 0.717) is 19.4 Å². The van der Waals surface area contributed by atoms with E-state index in [1.807, 2.05) is 19.1 Å². The fourth-order valence-corrected chi connectivity index (χ4v) is 4.50. The molecule has 1 saturated heterocycles. The molecule has 4 nitrogen and oxygen atoms in total. The van der Waals surface area contributed by atoms with Crippen LogP contribution in [0.1, 0.15) is 42.0 Å². The highest BCUT2D eigenvalue weighted by molar-refractivity contribution is 9.10. The second-order valence-corrected chi connectivity index (χ2v) is 8.04. The summed E-state index contributed by atoms with van der Waals surface area (Å²) in [5.41, 5.74) is 4.55. The lowest BCUT2D eigenvalue weighted by atomic mass is 9.90. The molecule has 0 aromatic heterocycles. The van der Waals surface area contributed by atoms with Gasteiger partial charge in [-0.2, -0.15) is 0 Å². The van der Waals surface area contributed by atoms with Gasteiger partial charge in [0, 0.05) is 16.5 Å². The molecule has 3 atom stereocenters. The van der Waals surface area contributed by atoms with Gasteiger partial charge in [0.2, 0.25) is 0 Å². The Kier molecular flexibility index (Phi) is 4.82. The highest BCUT2D eigenvalue weighted by Crippen LogP contribution is 2.46. The van der Waals surface area contributed by atoms with Crippen molar-refractivity contribution in [3.8, 4) is 5.75 Å². The van der Waals surface area contributed by atoms with Crippen LogP contribution in [0.3, 0.4) is 0 Å². The maximum atomic E-state index is 10.3. The molecule has 5 heteroatoms. The van der Waals surface area contributed by atoms with E-state index in [2.05, 4.69) is 40.2 Å². The lowest BCUT2D eigenvalue weighted by Crippen LogP contribution is -2.43. The maximum Gasteiger partial charge on any atom is 0.198 e. The second-order valence-electron chi connectivity index (χ2n) is 7.19. The normalized spacial score (nSPS) is 27.5. The van der Waals surface area contributed by atoms with Crippen LogP contribution < -0.4 is 4.74 Å². The van der Waals surface area contributed by atoms with Gasteiger partial charge < -0.3 is 19.3 Å². The van der Waals surface area contributed by atoms with E-state index in [-0.39, 0.29) is 6.10 Å². The Morgan fingerprint density at radius 2 is 2.04 bits per heavy atom. The number of rotatable bonds is 3. The van der Waals surface area contributed by atoms with E-state index in [4.69, 9.17) is 14.2 Å². The van der Waals surface area contributed by atoms with E-state index in [1.165, 1.54) is 11.1 Å². The fourth-order valence-electron chi connectivity index (χ4n) is 3.97. The largest absolute Gasteiger partial charge is 0.497 e. The summed E-state index contributed by atoms with van der Waals surface area (Å²) in [7, 11) is 1.67. The Morgan fingerprint density at radius 3 is 2.73 bits per heavy atom. The summed E-state index contributed by atoms with van der Waals surface area (Å²) in [5.74, 6) is 0.0367. The van der Waals surface area contributed by atoms with Crippen LogP contribution in [0.4, 0.5) is 0 Å². The van der Waals surface area contributed by atoms with Crippen molar-refractivity contribution in [2.45, 2.75) is 50.8 Å². The van der Waals surface area contributed by atoms with Crippen LogP contribution in [0.2, 0.25) is 0 Å². The van der Waals surface area contributed by atoms with Crippen molar-refractivity contribution in [3.63, 3.8) is 0 Å². The number of fused-ring (bicyclic) bond motifs is 2. The van der Waals surface area contributed by atoms with Crippen LogP contribution in [0.15, 0.2) is 40.9 Å². The third kappa shape index (κ3) is 3.29. The van der Waals surface area contributed by atoms with Gasteiger partial charge in [-0.05, 0) is 60.7 Å². The summed E-state index contributed by atoms with van der Waals surface area (Å²) in [6.07, 6.45) is 1.49. The van der Waals surface area contributed by atoms with Gasteiger partial charge in [0.15, 0.2) is 5.79 Å². The van der Waals surface area contributed by atoms with Crippen LogP contribution in [-0.4, -0.2) is 24.4 Å². The molecule has 2 unspecified atom stereocenters. The number of halogens is 1. The molecule has 2 heterocycles. The van der Waals surface area contributed by atoms with Crippen LogP contribution in [-0.2, 0) is 28.3 Å². The van der Waals surface area contributed by atoms with E-state index in [9.17, 15) is 5.11 Å². The quantitative estimate of drug-likeness (QED) is 0.807. The zero-order chi connectivity index (χ0) is 18.3. The lowest BCUT2D eigenvalue weighted by molar-refractivity contribution is -0.295. The minimum atomic E-state index is -0.818. The average Bonchev–Trinajstić information content (AvgIpc) is 2.91. The summed E-state index contributed by atoms with van der Waals surface area (Å²) in [6, 6.07) is 12.4. The minimum absolute atomic E-state index is 0.0293. The topological polar surface area (TPSA) is 47.9 Å². The maximum absolute atomic E-state index is 10.3. The SMILES string of the molecule is COc1ccc(Cc2cc3c(cc2Br)CO[C@@]32CC(O)CC(C)O2)cc1. The van der Waals surface area contributed by atoms with Gasteiger partial charge in [0.05, 0.1) is 25.9 Å². The molecule has 0 aliphatic carbocycles. The predicted molar refractivity (Wildman–Crippen MR) is 102 cm³/mol. The molecule has 0 bridgehead atoms. The van der Waals surface area contributed by atoms with E-state index >= 15 is 0 Å². The Hall–Kier alpha value is -1.40. The van der Waals surface area contributed by atoms with Crippen molar-refractivity contribution < 1.29 is 19.3 Å². The highest BCUT2D eigenvalue weighted by Gasteiger charge is 2.47. The lowest BCUT2D eigenvalue weighted by Gasteiger charge is -2.39. The van der Waals surface area contributed by atoms with Gasteiger partial charge in [-0.15, -0.1) is 0 Å². The summed E-state index contributed by atoms with van der Waals surface area (Å²) >= 11 is 3.70. The van der Waals surface area contributed by atoms with Gasteiger partial charge in [-0.1, -0.05) is 28.1 Å².